The maximum atomic E-state index is 13.9. The largest absolute Gasteiger partial charge is 0.469 e. The molecule has 1 aromatic carbocycles. The number of rotatable bonds is 42. The zero-order valence-electron chi connectivity index (χ0n) is 66.1. The molecular formula is C66H79F43IO13S-. The van der Waals surface area contributed by atoms with Crippen molar-refractivity contribution in [3.05, 3.63) is 35.9 Å². The fourth-order valence-corrected chi connectivity index (χ4v) is 17.5. The molecule has 124 heavy (non-hydrogen) atoms. The van der Waals surface area contributed by atoms with Crippen molar-refractivity contribution in [2.45, 2.75) is 239 Å². The monoisotopic (exact) mass is 2060 g/mol. The van der Waals surface area contributed by atoms with Gasteiger partial charge in [0, 0.05) is 0 Å². The minimum Gasteiger partial charge on any atom is -0.469 e. The maximum Gasteiger partial charge on any atom is 0.460 e. The van der Waals surface area contributed by atoms with Crippen molar-refractivity contribution in [2.24, 2.45) is 34.5 Å². The van der Waals surface area contributed by atoms with Crippen LogP contribution < -0.4 is 20.2 Å². The first kappa shape index (κ1) is 122. The topological polar surface area (TPSA) is 167 Å². The molecule has 0 aliphatic rings. The first-order valence-corrected chi connectivity index (χ1v) is 40.0. The molecule has 0 saturated heterocycles. The van der Waals surface area contributed by atoms with E-state index in [0.717, 1.165) is 47.2 Å². The second kappa shape index (κ2) is 42.3. The third-order valence-corrected chi connectivity index (χ3v) is 24.8. The number of esters is 6. The number of benzene rings is 1. The predicted molar refractivity (Wildman–Crippen MR) is 339 cm³/mol. The summed E-state index contributed by atoms with van der Waals surface area (Å²) in [5.41, 5.74) is -0.988. The molecule has 13 nitrogen and oxygen atoms in total. The minimum absolute atomic E-state index is 0.0173. The van der Waals surface area contributed by atoms with E-state index in [1.54, 1.807) is 44.4 Å². The van der Waals surface area contributed by atoms with Crippen LogP contribution in [0.3, 0.4) is 0 Å². The standard InChI is InChI=1S/C21H19F15O2.C18H21F13O4.C17H17F15O4.C10H22IO3S/c1-3-12(13-7-5-4-6-8-13)9-11(2)14(37)38-10-15(22,23)16(24,25)17(26,27)18(28,29)19(30,31)20(32,33)21(34,35)36;1-5-12(3,11(33)34-4)8-9(2)10(32)35-7-6-13(19,20)14(21,22)15(23,24)16(25,26)17(27,28)18(29,30)31;1-4-8(10(34)35-3)5-7(2)9(33)36-6-11(18,19)12(20,21)13(22,23)14(24,25)15(26,27)16(28,29)17(30,31)32;1-7-10(2,9(12)13-3)8-15(5,6)11-14-4/h4-8,11-12H,3,9-10H2,1-2H3;9H,5-8H2,1-4H3;7-8H,4-6H2,1-3H3;7-8H2,1-6H3/q;;;-1. The van der Waals surface area contributed by atoms with Crippen LogP contribution in [0, 0.1) is 34.5 Å². The smallest absolute Gasteiger partial charge is 0.460 e. The molecule has 1 aromatic rings. The summed E-state index contributed by atoms with van der Waals surface area (Å²) in [5, 5.41) is 0. The molecule has 0 aliphatic heterocycles. The van der Waals surface area contributed by atoms with Gasteiger partial charge in [0.2, 0.25) is 0 Å². The molecule has 0 amide bonds. The molecule has 0 aromatic heterocycles. The van der Waals surface area contributed by atoms with Crippen LogP contribution in [0.2, 0.25) is 0 Å². The Bertz CT molecular complexity index is 3600. The van der Waals surface area contributed by atoms with Crippen LogP contribution in [-0.2, 0) is 60.3 Å². The van der Waals surface area contributed by atoms with Crippen LogP contribution in [0.15, 0.2) is 30.3 Å². The maximum absolute atomic E-state index is 13.9. The van der Waals surface area contributed by atoms with E-state index in [1.165, 1.54) is 27.9 Å². The Kier molecular flexibility index (Phi) is 41.7. The van der Waals surface area contributed by atoms with Gasteiger partial charge in [-0.2, -0.15) is 189 Å². The summed E-state index contributed by atoms with van der Waals surface area (Å²) in [5.74, 6) is -144. The van der Waals surface area contributed by atoms with E-state index >= 15 is 0 Å². The molecule has 0 N–H and O–H groups in total. The Hall–Kier alpha value is -5.93. The van der Waals surface area contributed by atoms with Crippen molar-refractivity contribution in [2.75, 3.05) is 66.5 Å². The van der Waals surface area contributed by atoms with Gasteiger partial charge in [-0.3, -0.25) is 24.0 Å². The summed E-state index contributed by atoms with van der Waals surface area (Å²) < 4.78 is 595. The van der Waals surface area contributed by atoms with Crippen molar-refractivity contribution < 1.29 is 269 Å². The molecule has 0 radical (unpaired) electrons. The molecular weight excluding hydrogens is 1980 g/mol. The molecule has 0 bridgehead atoms. The van der Waals surface area contributed by atoms with E-state index in [4.69, 9.17) is 7.80 Å². The number of methoxy groups -OCH3 is 3. The number of alkyl halides is 43. The van der Waals surface area contributed by atoms with Crippen LogP contribution in [-0.4, -0.2) is 222 Å². The van der Waals surface area contributed by atoms with Crippen LogP contribution in [0.4, 0.5) is 189 Å². The summed E-state index contributed by atoms with van der Waals surface area (Å²) in [4.78, 5) is 70.5. The van der Waals surface area contributed by atoms with Crippen molar-refractivity contribution >= 4 is 43.0 Å². The summed E-state index contributed by atoms with van der Waals surface area (Å²) in [7, 11) is 4.38. The first-order valence-electron chi connectivity index (χ1n) is 34.0. The average Bonchev–Trinajstić information content (AvgIpc) is 0.710. The summed E-state index contributed by atoms with van der Waals surface area (Å²) >= 11 is -0.246. The average molecular weight is 2060 g/mol. The fourth-order valence-electron chi connectivity index (χ4n) is 9.95. The van der Waals surface area contributed by atoms with Gasteiger partial charge in [-0.15, -0.1) is 0 Å². The SMILES string of the molecule is CCC(C)(CC(C)C(=O)OCCC(F)(F)C(F)(F)C(F)(F)C(F)(F)C(F)(F)C(F)(F)F)C(=O)OC.CCC(C)(CS(C)(C)[I-]OC)C(=O)OC.CCC(CC(C)C(=O)OCC(F)(F)C(F)(F)C(F)(F)C(F)(F)C(F)(F)C(F)(F)C(F)(F)F)C(=O)OC.CCC(CC(C)C(=O)OCC(F)(F)C(F)(F)C(F)(F)C(F)(F)C(F)(F)C(F)(F)C(F)(F)F)c1ccccc1. The zero-order chi connectivity index (χ0) is 100. The van der Waals surface area contributed by atoms with Gasteiger partial charge in [0.15, 0.2) is 13.2 Å². The molecule has 58 heteroatoms. The Morgan fingerprint density at radius 3 is 0.927 bits per heavy atom. The van der Waals surface area contributed by atoms with Gasteiger partial charge in [-0.25, -0.2) is 0 Å². The van der Waals surface area contributed by atoms with E-state index in [2.05, 4.69) is 36.2 Å². The van der Waals surface area contributed by atoms with E-state index in [0.29, 0.717) is 12.0 Å². The second-order valence-electron chi connectivity index (χ2n) is 27.9. The summed E-state index contributed by atoms with van der Waals surface area (Å²) in [6.45, 7) is 4.71. The van der Waals surface area contributed by atoms with Crippen molar-refractivity contribution in [3.8, 4) is 0 Å². The molecule has 7 atom stereocenters. The van der Waals surface area contributed by atoms with Crippen molar-refractivity contribution in [1.29, 1.82) is 0 Å². The molecule has 0 spiro atoms. The van der Waals surface area contributed by atoms with Crippen molar-refractivity contribution in [3.63, 3.8) is 0 Å². The molecule has 0 fully saturated rings. The van der Waals surface area contributed by atoms with Gasteiger partial charge in [-0.05, 0) is 56.9 Å². The Morgan fingerprint density at radius 1 is 0.355 bits per heavy atom. The Balaban J connectivity index is -0.00000163. The molecule has 0 aliphatic carbocycles. The van der Waals surface area contributed by atoms with Crippen LogP contribution in [0.1, 0.15) is 125 Å². The normalized spacial score (nSPS) is 16.6. The number of hydrogen-bond donors (Lipinski definition) is 0. The molecule has 1 rings (SSSR count). The Labute approximate surface area is 686 Å². The van der Waals surface area contributed by atoms with Gasteiger partial charge < -0.3 is 23.7 Å². The van der Waals surface area contributed by atoms with Gasteiger partial charge >= 0.3 is 253 Å². The summed E-state index contributed by atoms with van der Waals surface area (Å²) in [6, 6.07) is 8.07. The fraction of sp³-hybridized carbons (Fsp3) is 0.818. The molecule has 7 unspecified atom stereocenters. The van der Waals surface area contributed by atoms with Gasteiger partial charge in [-0.1, -0.05) is 71.9 Å². The Morgan fingerprint density at radius 2 is 0.645 bits per heavy atom. The first-order chi connectivity index (χ1) is 54.7. The third kappa shape index (κ3) is 25.6. The number of ether oxygens (including phenoxy) is 6. The zero-order valence-corrected chi connectivity index (χ0v) is 69.1. The van der Waals surface area contributed by atoms with Gasteiger partial charge in [0.25, 0.3) is 0 Å². The molecule has 0 saturated carbocycles. The number of carbonyl (C=O) groups is 6. The number of halogens is 44. The van der Waals surface area contributed by atoms with Crippen LogP contribution in [0.5, 0.6) is 0 Å². The van der Waals surface area contributed by atoms with E-state index in [9.17, 15) is 218 Å². The summed E-state index contributed by atoms with van der Waals surface area (Å²) in [6.07, 6.45) is -20.8. The molecule has 0 heterocycles. The van der Waals surface area contributed by atoms with E-state index in [-0.39, 0.29) is 57.3 Å². The predicted octanol–water partition coefficient (Wildman–Crippen LogP) is 19.7. The van der Waals surface area contributed by atoms with Crippen LogP contribution >= 0.6 is 7.20 Å². The number of carbonyl (C=O) groups excluding carboxylic acids is 6. The molecule has 736 valence electrons. The van der Waals surface area contributed by atoms with E-state index < -0.39 is 224 Å². The van der Waals surface area contributed by atoms with E-state index in [1.807, 2.05) is 13.8 Å². The second-order valence-corrected chi connectivity index (χ2v) is 40.2. The number of hydrogen-bond acceptors (Lipinski definition) is 13. The van der Waals surface area contributed by atoms with Gasteiger partial charge in [0.1, 0.15) is 0 Å². The third-order valence-electron chi connectivity index (χ3n) is 18.1. The quantitative estimate of drug-likeness (QED) is 0.0263. The van der Waals surface area contributed by atoms with Gasteiger partial charge in [0.05, 0.1) is 56.3 Å². The van der Waals surface area contributed by atoms with Crippen LogP contribution in [0.25, 0.3) is 0 Å². The minimum atomic E-state index is -8.42. The van der Waals surface area contributed by atoms with Crippen molar-refractivity contribution in [1.82, 2.24) is 0 Å².